The van der Waals surface area contributed by atoms with Crippen LogP contribution in [0.2, 0.25) is 0 Å². The summed E-state index contributed by atoms with van der Waals surface area (Å²) >= 11 is 1.37. The van der Waals surface area contributed by atoms with E-state index in [2.05, 4.69) is 52.8 Å². The molecule has 0 saturated carbocycles. The van der Waals surface area contributed by atoms with E-state index in [0.717, 1.165) is 6.42 Å². The molecule has 2 aliphatic heterocycles. The van der Waals surface area contributed by atoms with E-state index < -0.39 is 144 Å². The van der Waals surface area contributed by atoms with E-state index in [9.17, 15) is 62.6 Å². The van der Waals surface area contributed by atoms with Gasteiger partial charge >= 0.3 is 5.97 Å². The van der Waals surface area contributed by atoms with Gasteiger partial charge in [-0.15, -0.1) is 0 Å². The van der Waals surface area contributed by atoms with Crippen molar-refractivity contribution >= 4 is 88.7 Å². The van der Waals surface area contributed by atoms with Crippen molar-refractivity contribution in [2.75, 3.05) is 31.6 Å². The number of primary amides is 2. The summed E-state index contributed by atoms with van der Waals surface area (Å²) in [4.78, 5) is 167. The molecule has 0 bridgehead atoms. The Hall–Kier alpha value is -6.78. The minimum atomic E-state index is -1.41. The van der Waals surface area contributed by atoms with Crippen molar-refractivity contribution in [3.63, 3.8) is 0 Å². The first-order valence-electron chi connectivity index (χ1n) is 28.7. The number of carbonyl (C=O) groups excluding carboxylic acids is 11. The predicted molar refractivity (Wildman–Crippen MR) is 312 cm³/mol. The van der Waals surface area contributed by atoms with Crippen LogP contribution in [0.5, 0.6) is 0 Å². The minimum absolute atomic E-state index is 0.0464. The molecular weight excluding hydrogens is 1100 g/mol. The van der Waals surface area contributed by atoms with Crippen LogP contribution < -0.4 is 70.8 Å². The second-order valence-corrected chi connectivity index (χ2v) is 24.1. The lowest BCUT2D eigenvalue weighted by atomic mass is 9.98. The first-order valence-corrected chi connectivity index (χ1v) is 30.1. The fourth-order valence-electron chi connectivity index (χ4n) is 9.64. The first kappa shape index (κ1) is 72.3. The standard InChI is InChI=1S/C54H95N15O13S/c1-28(2)23-36(67-52(81)40(27-42(55)70)68-45(74)32-13-10-19-59-32)48(77)62-34(18-22-83-9)47(76)61-33(14-11-20-60-54(57)58)46(75)64-38(25-30(5)6)50(79)66-39(26-31(7)8)51(80)65-37(24-29(3)4)49(78)63-35(16-17-43(71)72)53(82)69-21-12-15-41(69)44(56)73/h28-41,59H,10-27H2,1-9H3,(H2,55,70)(H2,56,73)(H,61,76)(H,62,77)(H,63,78)(H,64,75)(H,65,80)(H,66,79)(H,67,81)(H,68,74)(H,71,72)(H4,57,58,60)/t32-,33-,34-,35-,36-,37-,38-,39-,40-,41-/m0/s1. The maximum Gasteiger partial charge on any atom is 0.303 e. The van der Waals surface area contributed by atoms with E-state index in [1.54, 1.807) is 61.6 Å². The number of guanidine groups is 1. The van der Waals surface area contributed by atoms with Gasteiger partial charge in [0.1, 0.15) is 54.4 Å². The molecular formula is C54H95N15O13S. The van der Waals surface area contributed by atoms with Crippen LogP contribution in [-0.4, -0.2) is 179 Å². The molecule has 2 saturated heterocycles. The molecule has 83 heavy (non-hydrogen) atoms. The highest BCUT2D eigenvalue weighted by atomic mass is 32.2. The van der Waals surface area contributed by atoms with Crippen LogP contribution in [-0.2, 0) is 57.5 Å². The second kappa shape index (κ2) is 36.7. The van der Waals surface area contributed by atoms with E-state index in [1.807, 2.05) is 0 Å². The molecule has 0 radical (unpaired) electrons. The number of aliphatic carboxylic acids is 1. The van der Waals surface area contributed by atoms with E-state index in [1.165, 1.54) is 16.7 Å². The number of aliphatic imine (C=N–C) groups is 1. The molecule has 2 heterocycles. The lowest BCUT2D eigenvalue weighted by Crippen LogP contribution is -2.61. The van der Waals surface area contributed by atoms with Crippen LogP contribution in [0.15, 0.2) is 4.99 Å². The van der Waals surface area contributed by atoms with E-state index in [-0.39, 0.29) is 94.1 Å². The monoisotopic (exact) mass is 1190 g/mol. The largest absolute Gasteiger partial charge is 0.481 e. The molecule has 0 aromatic carbocycles. The van der Waals surface area contributed by atoms with Crippen LogP contribution >= 0.6 is 11.8 Å². The summed E-state index contributed by atoms with van der Waals surface area (Å²) in [5.41, 5.74) is 22.1. The van der Waals surface area contributed by atoms with Crippen LogP contribution in [0.3, 0.4) is 0 Å². The minimum Gasteiger partial charge on any atom is -0.481 e. The summed E-state index contributed by atoms with van der Waals surface area (Å²) in [6, 6.07) is -12.0. The number of rotatable bonds is 38. The van der Waals surface area contributed by atoms with Crippen molar-refractivity contribution in [3.8, 4) is 0 Å². The fraction of sp³-hybridized carbons (Fsp3) is 0.759. The maximum atomic E-state index is 14.5. The maximum absolute atomic E-state index is 14.5. The van der Waals surface area contributed by atoms with Crippen LogP contribution in [0.25, 0.3) is 0 Å². The molecule has 2 fully saturated rings. The Morgan fingerprint density at radius 2 is 0.976 bits per heavy atom. The lowest BCUT2D eigenvalue weighted by molar-refractivity contribution is -0.142. The zero-order valence-corrected chi connectivity index (χ0v) is 50.6. The Labute approximate surface area is 491 Å². The number of carboxylic acids is 1. The van der Waals surface area contributed by atoms with Gasteiger partial charge in [0.05, 0.1) is 12.5 Å². The number of nitrogens with one attached hydrogen (secondary N) is 9. The zero-order valence-electron chi connectivity index (χ0n) is 49.8. The molecule has 10 atom stereocenters. The zero-order chi connectivity index (χ0) is 62.7. The number of thioether (sulfide) groups is 1. The van der Waals surface area contributed by atoms with Crippen LogP contribution in [0, 0.1) is 23.7 Å². The quantitative estimate of drug-likeness (QED) is 0.0178. The molecule has 470 valence electrons. The topological polar surface area (TPSA) is 453 Å². The Balaban J connectivity index is 2.46. The second-order valence-electron chi connectivity index (χ2n) is 23.1. The summed E-state index contributed by atoms with van der Waals surface area (Å²) in [6.07, 6.45) is 2.85. The van der Waals surface area contributed by atoms with Crippen molar-refractivity contribution in [2.45, 2.75) is 206 Å². The van der Waals surface area contributed by atoms with Crippen LogP contribution in [0.1, 0.15) is 145 Å². The average Bonchev–Trinajstić information content (AvgIpc) is 4.14. The Bertz CT molecular complexity index is 2260. The van der Waals surface area contributed by atoms with Gasteiger partial charge in [0.25, 0.3) is 0 Å². The van der Waals surface area contributed by atoms with Gasteiger partial charge in [-0.2, -0.15) is 11.8 Å². The van der Waals surface area contributed by atoms with Gasteiger partial charge in [-0.25, -0.2) is 0 Å². The number of likely N-dealkylation sites (tertiary alicyclic amines) is 1. The van der Waals surface area contributed by atoms with Crippen molar-refractivity contribution in [1.29, 1.82) is 0 Å². The normalized spacial score (nSPS) is 17.9. The third kappa shape index (κ3) is 27.0. The first-order chi connectivity index (χ1) is 38.9. The van der Waals surface area contributed by atoms with Gasteiger partial charge < -0.3 is 80.8 Å². The third-order valence-corrected chi connectivity index (χ3v) is 14.4. The summed E-state index contributed by atoms with van der Waals surface area (Å²) in [5.74, 6) is -10.2. The van der Waals surface area contributed by atoms with Crippen molar-refractivity contribution in [1.82, 2.24) is 52.8 Å². The molecule has 2 aliphatic rings. The SMILES string of the molecule is CSCC[C@H](NC(=O)[C@H](CC(C)C)NC(=O)[C@H](CC(N)=O)NC(=O)[C@@H]1CCCN1)C(=O)N[C@@H](CCCN=C(N)N)C(=O)N[C@@H](CC(C)C)C(=O)N[C@@H](CC(C)C)C(=O)N[C@@H](CC(C)C)C(=O)N[C@@H](CCC(=O)O)C(=O)N1CCC[C@H]1C(N)=O. The highest BCUT2D eigenvalue weighted by molar-refractivity contribution is 7.98. The molecule has 0 unspecified atom stereocenters. The highest BCUT2D eigenvalue weighted by Gasteiger charge is 2.40. The molecule has 2 rings (SSSR count). The van der Waals surface area contributed by atoms with Gasteiger partial charge in [0.2, 0.25) is 65.0 Å². The van der Waals surface area contributed by atoms with Crippen molar-refractivity contribution < 1.29 is 62.6 Å². The Kier molecular flexibility index (Phi) is 32.0. The number of carbonyl (C=O) groups is 12. The van der Waals surface area contributed by atoms with Gasteiger partial charge in [0, 0.05) is 19.5 Å². The third-order valence-electron chi connectivity index (χ3n) is 13.7. The smallest absolute Gasteiger partial charge is 0.303 e. The number of carboxylic acid groups (broad SMARTS) is 1. The number of hydrogen-bond donors (Lipinski definition) is 14. The van der Waals surface area contributed by atoms with Crippen molar-refractivity contribution in [3.05, 3.63) is 0 Å². The number of amides is 11. The highest BCUT2D eigenvalue weighted by Crippen LogP contribution is 2.20. The average molecular weight is 1190 g/mol. The Morgan fingerprint density at radius 1 is 0.554 bits per heavy atom. The molecule has 28 nitrogen and oxygen atoms in total. The Morgan fingerprint density at radius 3 is 1.36 bits per heavy atom. The molecule has 0 aromatic heterocycles. The van der Waals surface area contributed by atoms with Gasteiger partial charge in [-0.3, -0.25) is 62.5 Å². The summed E-state index contributed by atoms with van der Waals surface area (Å²) < 4.78 is 0. The van der Waals surface area contributed by atoms with Crippen molar-refractivity contribution in [2.24, 2.45) is 51.6 Å². The van der Waals surface area contributed by atoms with E-state index >= 15 is 0 Å². The molecule has 0 spiro atoms. The van der Waals surface area contributed by atoms with Gasteiger partial charge in [-0.05, 0) is 119 Å². The van der Waals surface area contributed by atoms with Gasteiger partial charge in [-0.1, -0.05) is 55.4 Å². The number of nitrogens with zero attached hydrogens (tertiary/aromatic N) is 2. The summed E-state index contributed by atoms with van der Waals surface area (Å²) in [5, 5.41) is 34.0. The summed E-state index contributed by atoms with van der Waals surface area (Å²) in [6.45, 7) is 15.2. The fourth-order valence-corrected chi connectivity index (χ4v) is 10.1. The number of hydrogen-bond acceptors (Lipinski definition) is 15. The molecule has 18 N–H and O–H groups in total. The molecule has 0 aliphatic carbocycles. The van der Waals surface area contributed by atoms with E-state index in [4.69, 9.17) is 22.9 Å². The lowest BCUT2D eigenvalue weighted by Gasteiger charge is -2.30. The van der Waals surface area contributed by atoms with E-state index in [0.29, 0.717) is 31.6 Å². The van der Waals surface area contributed by atoms with Crippen LogP contribution in [0.4, 0.5) is 0 Å². The van der Waals surface area contributed by atoms with Gasteiger partial charge in [0.15, 0.2) is 5.96 Å². The molecule has 0 aromatic rings. The number of nitrogens with two attached hydrogens (primary N) is 4. The predicted octanol–water partition coefficient (Wildman–Crippen LogP) is -2.18. The summed E-state index contributed by atoms with van der Waals surface area (Å²) in [7, 11) is 0. The molecule has 11 amide bonds. The molecule has 29 heteroatoms.